The van der Waals surface area contributed by atoms with Crippen LogP contribution in [0.15, 0.2) is 170 Å². The molecule has 2 aromatic heterocycles. The Labute approximate surface area is 336 Å². The van der Waals surface area contributed by atoms with Crippen LogP contribution in [0.4, 0.5) is 51.3 Å². The Morgan fingerprint density at radius 2 is 1.02 bits per heavy atom. The van der Waals surface area contributed by atoms with Gasteiger partial charge >= 0.3 is 0 Å². The zero-order chi connectivity index (χ0) is 39.1. The number of hydrogen-bond donors (Lipinski definition) is 0. The second kappa shape index (κ2) is 13.0. The molecule has 0 spiro atoms. The minimum atomic E-state index is -0.0827. The lowest BCUT2D eigenvalue weighted by atomic mass is 9.35. The first-order valence-corrected chi connectivity index (χ1v) is 20.0. The number of fused-ring (bicyclic) bond motifs is 6. The first-order valence-electron chi connectivity index (χ1n) is 20.0. The van der Waals surface area contributed by atoms with Crippen molar-refractivity contribution in [1.29, 1.82) is 0 Å². The molecule has 2 aliphatic heterocycles. The van der Waals surface area contributed by atoms with E-state index in [2.05, 4.69) is 231 Å². The molecule has 0 fully saturated rings. The number of pyridine rings is 1. The molecule has 278 valence electrons. The highest BCUT2D eigenvalue weighted by atomic mass is 15.3. The average Bonchev–Trinajstić information content (AvgIpc) is 3.60. The molecule has 0 N–H and O–H groups in total. The summed E-state index contributed by atoms with van der Waals surface area (Å²) in [7, 11) is 0. The molecule has 0 bridgehead atoms. The van der Waals surface area contributed by atoms with Crippen LogP contribution in [0, 0.1) is 0 Å². The van der Waals surface area contributed by atoms with Gasteiger partial charge in [-0.25, -0.2) is 4.98 Å². The summed E-state index contributed by atoms with van der Waals surface area (Å²) < 4.78 is 2.25. The first-order chi connectivity index (χ1) is 27.6. The van der Waals surface area contributed by atoms with Gasteiger partial charge in [0.05, 0.1) is 5.59 Å². The molecule has 0 aliphatic carbocycles. The Hall–Kier alpha value is -6.53. The van der Waals surface area contributed by atoms with Crippen molar-refractivity contribution < 1.29 is 0 Å². The Bertz CT molecular complexity index is 2700. The average molecular weight is 740 g/mol. The van der Waals surface area contributed by atoms with Crippen LogP contribution in [0.1, 0.15) is 52.7 Å². The van der Waals surface area contributed by atoms with Gasteiger partial charge in [0.2, 0.25) is 0 Å². The molecule has 4 heterocycles. The molecule has 0 amide bonds. The molecular weight excluding hydrogens is 693 g/mol. The Morgan fingerprint density at radius 1 is 0.491 bits per heavy atom. The lowest BCUT2D eigenvalue weighted by molar-refractivity contribution is 0.590. The number of nitrogens with zero attached hydrogens (tertiary/aromatic N) is 5. The minimum Gasteiger partial charge on any atom is -0.311 e. The second-order valence-corrected chi connectivity index (χ2v) is 17.4. The molecule has 2 aliphatic rings. The van der Waals surface area contributed by atoms with Crippen molar-refractivity contribution in [3.63, 3.8) is 0 Å². The third-order valence-corrected chi connectivity index (χ3v) is 11.7. The summed E-state index contributed by atoms with van der Waals surface area (Å²) in [6.45, 7) is 13.6. The van der Waals surface area contributed by atoms with Gasteiger partial charge in [-0.2, -0.15) is 0 Å². The predicted molar refractivity (Wildman–Crippen MR) is 241 cm³/mol. The number of anilines is 9. The van der Waals surface area contributed by atoms with E-state index in [1.54, 1.807) is 0 Å². The van der Waals surface area contributed by atoms with Crippen LogP contribution in [0.25, 0.3) is 5.65 Å². The third kappa shape index (κ3) is 5.73. The van der Waals surface area contributed by atoms with E-state index >= 15 is 0 Å². The highest BCUT2D eigenvalue weighted by Gasteiger charge is 2.46. The van der Waals surface area contributed by atoms with Crippen LogP contribution in [-0.4, -0.2) is 16.1 Å². The maximum Gasteiger partial charge on any atom is 0.277 e. The van der Waals surface area contributed by atoms with Gasteiger partial charge in [-0.15, -0.1) is 0 Å². The standard InChI is InChI=1S/C51H46BN5/c1-50(2,3)35-23-27-39(28-24-35)55(40-29-25-36(26-30-40)51(4,5)6)41-31-32-42-45(34-41)56(37-16-9-7-10-17-37)43-20-15-21-44-47(43)52(42)48-49(54-33-14-13-22-46(54)53-48)57(44)38-18-11-8-12-19-38/h7-34H,1-6H3. The lowest BCUT2D eigenvalue weighted by Gasteiger charge is -2.42. The van der Waals surface area contributed by atoms with Gasteiger partial charge in [-0.3, -0.25) is 9.30 Å². The van der Waals surface area contributed by atoms with Crippen molar-refractivity contribution in [1.82, 2.24) is 9.38 Å². The van der Waals surface area contributed by atoms with Crippen molar-refractivity contribution in [3.8, 4) is 0 Å². The fourth-order valence-electron chi connectivity index (χ4n) is 8.80. The van der Waals surface area contributed by atoms with E-state index in [0.717, 1.165) is 62.6 Å². The number of benzene rings is 6. The Morgan fingerprint density at radius 3 is 1.60 bits per heavy atom. The summed E-state index contributed by atoms with van der Waals surface area (Å²) in [6.07, 6.45) is 2.14. The van der Waals surface area contributed by atoms with Gasteiger partial charge in [-0.1, -0.05) is 120 Å². The van der Waals surface area contributed by atoms with E-state index in [4.69, 9.17) is 4.98 Å². The monoisotopic (exact) mass is 739 g/mol. The van der Waals surface area contributed by atoms with Gasteiger partial charge < -0.3 is 9.80 Å². The predicted octanol–water partition coefficient (Wildman–Crippen LogP) is 11.5. The lowest BCUT2D eigenvalue weighted by Crippen LogP contribution is -2.61. The smallest absolute Gasteiger partial charge is 0.277 e. The van der Waals surface area contributed by atoms with E-state index in [0.29, 0.717) is 0 Å². The van der Waals surface area contributed by atoms with Crippen molar-refractivity contribution in [2.75, 3.05) is 14.7 Å². The summed E-state index contributed by atoms with van der Waals surface area (Å²) in [6, 6.07) is 59.9. The van der Waals surface area contributed by atoms with Crippen LogP contribution in [0.5, 0.6) is 0 Å². The molecule has 6 heteroatoms. The van der Waals surface area contributed by atoms with Crippen molar-refractivity contribution >= 4 is 80.2 Å². The summed E-state index contributed by atoms with van der Waals surface area (Å²) in [5, 5.41) is 0. The van der Waals surface area contributed by atoms with Crippen LogP contribution in [0.3, 0.4) is 0 Å². The van der Waals surface area contributed by atoms with Crippen LogP contribution < -0.4 is 31.2 Å². The number of para-hydroxylation sites is 2. The topological polar surface area (TPSA) is 27.0 Å². The fraction of sp³-hybridized carbons (Fsp3) is 0.157. The Balaban J connectivity index is 1.22. The van der Waals surface area contributed by atoms with Gasteiger partial charge in [-0.05, 0) is 118 Å². The third-order valence-electron chi connectivity index (χ3n) is 11.7. The van der Waals surface area contributed by atoms with Gasteiger partial charge in [0.1, 0.15) is 11.5 Å². The summed E-state index contributed by atoms with van der Waals surface area (Å²) in [5.74, 6) is 1.08. The zero-order valence-corrected chi connectivity index (χ0v) is 33.5. The highest BCUT2D eigenvalue weighted by molar-refractivity contribution is 7.00. The van der Waals surface area contributed by atoms with E-state index < -0.39 is 0 Å². The van der Waals surface area contributed by atoms with Crippen molar-refractivity contribution in [3.05, 3.63) is 181 Å². The highest BCUT2D eigenvalue weighted by Crippen LogP contribution is 2.46. The molecule has 8 aromatic rings. The molecule has 0 saturated carbocycles. The number of rotatable bonds is 5. The van der Waals surface area contributed by atoms with Crippen LogP contribution >= 0.6 is 0 Å². The van der Waals surface area contributed by atoms with Crippen LogP contribution in [-0.2, 0) is 10.8 Å². The first kappa shape index (κ1) is 34.9. The number of imidazole rings is 1. The van der Waals surface area contributed by atoms with Crippen molar-refractivity contribution in [2.45, 2.75) is 52.4 Å². The van der Waals surface area contributed by atoms with E-state index in [1.807, 2.05) is 0 Å². The molecule has 0 saturated heterocycles. The SMILES string of the molecule is CC(C)(C)c1ccc(N(c2ccc(C(C)(C)C)cc2)c2ccc3c(c2)N(c2ccccc2)c2cccc4c2B3c2nc3ccccn3c2N4c2ccccc2)cc1. The Kier molecular flexibility index (Phi) is 7.98. The molecule has 6 aromatic carbocycles. The molecule has 57 heavy (non-hydrogen) atoms. The maximum absolute atomic E-state index is 5.45. The van der Waals surface area contributed by atoms with Crippen LogP contribution in [0.2, 0.25) is 0 Å². The summed E-state index contributed by atoms with van der Waals surface area (Å²) in [4.78, 5) is 12.7. The fourth-order valence-corrected chi connectivity index (χ4v) is 8.80. The van der Waals surface area contributed by atoms with E-state index in [1.165, 1.54) is 22.1 Å². The van der Waals surface area contributed by atoms with Gasteiger partial charge in [0, 0.05) is 51.7 Å². The second-order valence-electron chi connectivity index (χ2n) is 17.4. The van der Waals surface area contributed by atoms with E-state index in [-0.39, 0.29) is 17.5 Å². The zero-order valence-electron chi connectivity index (χ0n) is 33.5. The molecular formula is C51H46BN5. The number of aromatic nitrogens is 2. The quantitative estimate of drug-likeness (QED) is 0.164. The van der Waals surface area contributed by atoms with Gasteiger partial charge in [0.15, 0.2) is 0 Å². The molecule has 5 nitrogen and oxygen atoms in total. The molecule has 0 unspecified atom stereocenters. The molecule has 0 atom stereocenters. The summed E-state index contributed by atoms with van der Waals surface area (Å²) in [5.41, 5.74) is 16.2. The normalized spacial score (nSPS) is 13.3. The van der Waals surface area contributed by atoms with E-state index in [9.17, 15) is 0 Å². The largest absolute Gasteiger partial charge is 0.311 e. The molecule has 0 radical (unpaired) electrons. The minimum absolute atomic E-state index is 0.0544. The number of hydrogen-bond acceptors (Lipinski definition) is 4. The maximum atomic E-state index is 5.45. The molecule has 10 rings (SSSR count). The van der Waals surface area contributed by atoms with Gasteiger partial charge in [0.25, 0.3) is 6.71 Å². The summed E-state index contributed by atoms with van der Waals surface area (Å²) >= 11 is 0. The van der Waals surface area contributed by atoms with Crippen molar-refractivity contribution in [2.24, 2.45) is 0 Å².